The summed E-state index contributed by atoms with van der Waals surface area (Å²) in [4.78, 5) is 39.2. The number of fused-ring (bicyclic) bond motifs is 2. The van der Waals surface area contributed by atoms with E-state index in [4.69, 9.17) is 4.98 Å². The Balaban J connectivity index is 1.43. The van der Waals surface area contributed by atoms with Crippen molar-refractivity contribution in [2.75, 3.05) is 13.1 Å². The Hall–Kier alpha value is -2.50. The van der Waals surface area contributed by atoms with Crippen molar-refractivity contribution in [3.63, 3.8) is 0 Å². The van der Waals surface area contributed by atoms with Crippen LogP contribution < -0.4 is 5.56 Å². The van der Waals surface area contributed by atoms with Crippen molar-refractivity contribution >= 4 is 5.91 Å². The molecule has 6 nitrogen and oxygen atoms in total. The summed E-state index contributed by atoms with van der Waals surface area (Å²) in [5, 5.41) is 0. The van der Waals surface area contributed by atoms with E-state index in [0.717, 1.165) is 68.4 Å². The molecule has 140 valence electrons. The highest BCUT2D eigenvalue weighted by atomic mass is 16.2. The van der Waals surface area contributed by atoms with Crippen LogP contribution in [0.15, 0.2) is 29.3 Å². The van der Waals surface area contributed by atoms with Gasteiger partial charge in [0.2, 0.25) is 5.91 Å². The van der Waals surface area contributed by atoms with Crippen LogP contribution in [0.4, 0.5) is 0 Å². The molecule has 6 heteroatoms. The summed E-state index contributed by atoms with van der Waals surface area (Å²) in [7, 11) is 0. The number of hydrogen-bond donors (Lipinski definition) is 1. The van der Waals surface area contributed by atoms with Gasteiger partial charge in [-0.1, -0.05) is 6.42 Å². The first kappa shape index (κ1) is 16.7. The molecule has 2 aliphatic carbocycles. The smallest absolute Gasteiger partial charge is 0.254 e. The lowest BCUT2D eigenvalue weighted by atomic mass is 9.75. The van der Waals surface area contributed by atoms with Crippen LogP contribution >= 0.6 is 0 Å². The van der Waals surface area contributed by atoms with Gasteiger partial charge in [-0.15, -0.1) is 0 Å². The maximum atomic E-state index is 12.7. The Bertz CT molecular complexity index is 925. The van der Waals surface area contributed by atoms with E-state index in [2.05, 4.69) is 9.97 Å². The minimum absolute atomic E-state index is 0.0243. The number of likely N-dealkylation sites (tertiary alicyclic amines) is 1. The van der Waals surface area contributed by atoms with Gasteiger partial charge in [-0.2, -0.15) is 0 Å². The molecule has 1 N–H and O–H groups in total. The highest BCUT2D eigenvalue weighted by Crippen LogP contribution is 2.45. The SMILES string of the molecule is O=C(C1CCC1)N1CCC2(CCc3c2nc(-c2cccnc2)[nH]c3=O)CC1. The lowest BCUT2D eigenvalue weighted by Gasteiger charge is -2.41. The molecule has 3 heterocycles. The molecule has 0 bridgehead atoms. The number of nitrogens with zero attached hydrogens (tertiary/aromatic N) is 3. The van der Waals surface area contributed by atoms with Crippen LogP contribution in [0.3, 0.4) is 0 Å². The Labute approximate surface area is 158 Å². The van der Waals surface area contributed by atoms with Crippen LogP contribution in [-0.2, 0) is 16.6 Å². The van der Waals surface area contributed by atoms with Crippen molar-refractivity contribution in [1.82, 2.24) is 19.9 Å². The van der Waals surface area contributed by atoms with Crippen molar-refractivity contribution < 1.29 is 4.79 Å². The van der Waals surface area contributed by atoms with E-state index in [1.807, 2.05) is 17.0 Å². The number of nitrogens with one attached hydrogen (secondary N) is 1. The largest absolute Gasteiger partial charge is 0.342 e. The fourth-order valence-corrected chi connectivity index (χ4v) is 4.85. The average molecular weight is 364 g/mol. The van der Waals surface area contributed by atoms with Crippen LogP contribution in [-0.4, -0.2) is 38.8 Å². The van der Waals surface area contributed by atoms with Gasteiger partial charge in [0, 0.05) is 47.9 Å². The van der Waals surface area contributed by atoms with E-state index >= 15 is 0 Å². The number of carbonyl (C=O) groups is 1. The fourth-order valence-electron chi connectivity index (χ4n) is 4.85. The normalized spacial score (nSPS) is 21.1. The van der Waals surface area contributed by atoms with Crippen LogP contribution in [0.25, 0.3) is 11.4 Å². The highest BCUT2D eigenvalue weighted by molar-refractivity contribution is 5.79. The van der Waals surface area contributed by atoms with Crippen LogP contribution in [0.1, 0.15) is 49.8 Å². The van der Waals surface area contributed by atoms with Gasteiger partial charge in [0.1, 0.15) is 5.82 Å². The molecule has 0 atom stereocenters. The second kappa shape index (κ2) is 6.29. The molecule has 2 aromatic heterocycles. The molecular formula is C21H24N4O2. The molecule has 0 aromatic carbocycles. The maximum absolute atomic E-state index is 12.7. The minimum atomic E-state index is -0.0586. The van der Waals surface area contributed by atoms with E-state index < -0.39 is 0 Å². The summed E-state index contributed by atoms with van der Waals surface area (Å²) in [6.45, 7) is 1.57. The van der Waals surface area contributed by atoms with Gasteiger partial charge in [0.15, 0.2) is 0 Å². The lowest BCUT2D eigenvalue weighted by molar-refractivity contribution is -0.139. The summed E-state index contributed by atoms with van der Waals surface area (Å²) < 4.78 is 0. The Morgan fingerprint density at radius 2 is 2.04 bits per heavy atom. The van der Waals surface area contributed by atoms with E-state index in [1.165, 1.54) is 6.42 Å². The second-order valence-electron chi connectivity index (χ2n) is 8.22. The van der Waals surface area contributed by atoms with Crippen LogP contribution in [0.5, 0.6) is 0 Å². The molecule has 2 fully saturated rings. The summed E-state index contributed by atoms with van der Waals surface area (Å²) in [5.41, 5.74) is 2.54. The summed E-state index contributed by atoms with van der Waals surface area (Å²) in [6, 6.07) is 3.77. The number of pyridine rings is 1. The number of amides is 1. The number of hydrogen-bond acceptors (Lipinski definition) is 4. The van der Waals surface area contributed by atoms with Crippen molar-refractivity contribution in [1.29, 1.82) is 0 Å². The number of piperidine rings is 1. The van der Waals surface area contributed by atoms with Gasteiger partial charge in [-0.3, -0.25) is 14.6 Å². The van der Waals surface area contributed by atoms with Crippen molar-refractivity contribution in [2.45, 2.75) is 50.4 Å². The predicted octanol–water partition coefficient (Wildman–Crippen LogP) is 2.44. The average Bonchev–Trinajstić information content (AvgIpc) is 3.00. The quantitative estimate of drug-likeness (QED) is 0.888. The summed E-state index contributed by atoms with van der Waals surface area (Å²) in [5.74, 6) is 1.19. The zero-order valence-electron chi connectivity index (χ0n) is 15.4. The molecule has 5 rings (SSSR count). The molecule has 0 unspecified atom stereocenters. The zero-order chi connectivity index (χ0) is 18.4. The molecule has 1 amide bonds. The van der Waals surface area contributed by atoms with Crippen molar-refractivity contribution in [3.05, 3.63) is 46.1 Å². The van der Waals surface area contributed by atoms with Gasteiger partial charge >= 0.3 is 0 Å². The highest BCUT2D eigenvalue weighted by Gasteiger charge is 2.45. The van der Waals surface area contributed by atoms with Crippen LogP contribution in [0, 0.1) is 5.92 Å². The first-order valence-electron chi connectivity index (χ1n) is 9.99. The molecule has 1 saturated carbocycles. The fraction of sp³-hybridized carbons (Fsp3) is 0.524. The second-order valence-corrected chi connectivity index (χ2v) is 8.22. The number of aromatic amines is 1. The van der Waals surface area contributed by atoms with E-state index in [-0.39, 0.29) is 16.9 Å². The summed E-state index contributed by atoms with van der Waals surface area (Å²) in [6.07, 6.45) is 10.3. The Morgan fingerprint density at radius 3 is 2.70 bits per heavy atom. The number of carbonyl (C=O) groups excluding carboxylic acids is 1. The third kappa shape index (κ3) is 2.69. The minimum Gasteiger partial charge on any atom is -0.342 e. The Kier molecular flexibility index (Phi) is 3.88. The zero-order valence-corrected chi connectivity index (χ0v) is 15.4. The topological polar surface area (TPSA) is 79.0 Å². The number of rotatable bonds is 2. The molecule has 0 radical (unpaired) electrons. The molecule has 1 aliphatic heterocycles. The van der Waals surface area contributed by atoms with Gasteiger partial charge in [-0.25, -0.2) is 4.98 Å². The first-order valence-corrected chi connectivity index (χ1v) is 9.99. The van der Waals surface area contributed by atoms with E-state index in [0.29, 0.717) is 11.7 Å². The molecule has 1 spiro atoms. The monoisotopic (exact) mass is 364 g/mol. The van der Waals surface area contributed by atoms with Gasteiger partial charge in [0.25, 0.3) is 5.56 Å². The van der Waals surface area contributed by atoms with Gasteiger partial charge < -0.3 is 9.88 Å². The molecule has 2 aromatic rings. The number of aromatic nitrogens is 3. The lowest BCUT2D eigenvalue weighted by Crippen LogP contribution is -2.47. The summed E-state index contributed by atoms with van der Waals surface area (Å²) >= 11 is 0. The maximum Gasteiger partial charge on any atom is 0.254 e. The van der Waals surface area contributed by atoms with Crippen LogP contribution in [0.2, 0.25) is 0 Å². The van der Waals surface area contributed by atoms with Crippen molar-refractivity contribution in [3.8, 4) is 11.4 Å². The van der Waals surface area contributed by atoms with E-state index in [9.17, 15) is 9.59 Å². The third-order valence-corrected chi connectivity index (χ3v) is 6.79. The Morgan fingerprint density at radius 1 is 1.22 bits per heavy atom. The molecule has 1 saturated heterocycles. The third-order valence-electron chi connectivity index (χ3n) is 6.79. The standard InChI is InChI=1S/C21H24N4O2/c26-19-16-6-7-21(8-11-25(12-9-21)20(27)14-3-1-4-14)17(16)23-18(24-19)15-5-2-10-22-13-15/h2,5,10,13-14H,1,3-4,6-9,11-12H2,(H,23,24,26). The molecule has 27 heavy (non-hydrogen) atoms. The molecule has 3 aliphatic rings. The molecular weight excluding hydrogens is 340 g/mol. The van der Waals surface area contributed by atoms with Gasteiger partial charge in [0.05, 0.1) is 5.69 Å². The van der Waals surface area contributed by atoms with Crippen molar-refractivity contribution in [2.24, 2.45) is 5.92 Å². The first-order chi connectivity index (χ1) is 13.2. The predicted molar refractivity (Wildman–Crippen MR) is 101 cm³/mol. The van der Waals surface area contributed by atoms with Gasteiger partial charge in [-0.05, 0) is 50.7 Å². The number of H-pyrrole nitrogens is 1. The van der Waals surface area contributed by atoms with E-state index in [1.54, 1.807) is 12.4 Å².